The number of methoxy groups -OCH3 is 1. The minimum Gasteiger partial charge on any atom is -0.465 e. The Balaban J connectivity index is 2.46. The lowest BCUT2D eigenvalue weighted by molar-refractivity contribution is 0.0601. The molecule has 96 valence electrons. The molecule has 1 heterocycles. The summed E-state index contributed by atoms with van der Waals surface area (Å²) >= 11 is 0. The number of ether oxygens (including phenoxy) is 1. The summed E-state index contributed by atoms with van der Waals surface area (Å²) < 4.78 is 4.75. The summed E-state index contributed by atoms with van der Waals surface area (Å²) in [5, 5.41) is 1.10. The maximum Gasteiger partial charge on any atom is 0.337 e. The molecular weight excluding hydrogens is 226 g/mol. The third-order valence-corrected chi connectivity index (χ3v) is 2.91. The number of nitrogens with one attached hydrogen (secondary N) is 1. The molecule has 0 aliphatic heterocycles. The number of aromatic nitrogens is 1. The Morgan fingerprint density at radius 3 is 2.67 bits per heavy atom. The Hall–Kier alpha value is -1.77. The highest BCUT2D eigenvalue weighted by Gasteiger charge is 2.15. The third-order valence-electron chi connectivity index (χ3n) is 2.91. The number of carbonyl (C=O) groups is 1. The second-order valence-corrected chi connectivity index (χ2v) is 5.80. The van der Waals surface area contributed by atoms with Gasteiger partial charge in [0.05, 0.1) is 12.7 Å². The first-order chi connectivity index (χ1) is 8.40. The van der Waals surface area contributed by atoms with E-state index in [0.717, 1.165) is 17.3 Å². The SMILES string of the molecule is COC(=O)c1ccc2[nH]cc(CC(C)(C)C)c2c1. The molecule has 0 aliphatic carbocycles. The molecule has 1 aromatic carbocycles. The minimum absolute atomic E-state index is 0.219. The predicted octanol–water partition coefficient (Wildman–Crippen LogP) is 3.54. The first-order valence-electron chi connectivity index (χ1n) is 6.09. The van der Waals surface area contributed by atoms with Crippen molar-refractivity contribution in [2.24, 2.45) is 5.41 Å². The lowest BCUT2D eigenvalue weighted by Crippen LogP contribution is -2.08. The highest BCUT2D eigenvalue weighted by molar-refractivity contribution is 5.95. The van der Waals surface area contributed by atoms with Crippen LogP contribution in [-0.4, -0.2) is 18.1 Å². The summed E-state index contributed by atoms with van der Waals surface area (Å²) in [5.74, 6) is -0.292. The first kappa shape index (κ1) is 12.7. The van der Waals surface area contributed by atoms with Crippen LogP contribution in [-0.2, 0) is 11.2 Å². The van der Waals surface area contributed by atoms with Gasteiger partial charge >= 0.3 is 5.97 Å². The van der Waals surface area contributed by atoms with Crippen molar-refractivity contribution in [3.63, 3.8) is 0 Å². The highest BCUT2D eigenvalue weighted by Crippen LogP contribution is 2.27. The first-order valence-corrected chi connectivity index (χ1v) is 6.09. The van der Waals surface area contributed by atoms with Crippen LogP contribution in [0.3, 0.4) is 0 Å². The van der Waals surface area contributed by atoms with Crippen molar-refractivity contribution >= 4 is 16.9 Å². The average Bonchev–Trinajstić information content (AvgIpc) is 2.68. The van der Waals surface area contributed by atoms with Gasteiger partial charge in [0, 0.05) is 17.1 Å². The summed E-state index contributed by atoms with van der Waals surface area (Å²) in [5.41, 5.74) is 3.11. The van der Waals surface area contributed by atoms with Gasteiger partial charge in [0.1, 0.15) is 0 Å². The summed E-state index contributed by atoms with van der Waals surface area (Å²) in [7, 11) is 1.40. The highest BCUT2D eigenvalue weighted by atomic mass is 16.5. The zero-order valence-electron chi connectivity index (χ0n) is 11.3. The van der Waals surface area contributed by atoms with Crippen LogP contribution >= 0.6 is 0 Å². The van der Waals surface area contributed by atoms with E-state index in [1.165, 1.54) is 12.7 Å². The number of esters is 1. The topological polar surface area (TPSA) is 42.1 Å². The Morgan fingerprint density at radius 1 is 1.33 bits per heavy atom. The summed E-state index contributed by atoms with van der Waals surface area (Å²) in [4.78, 5) is 14.8. The van der Waals surface area contributed by atoms with E-state index in [1.54, 1.807) is 6.07 Å². The predicted molar refractivity (Wildman–Crippen MR) is 72.8 cm³/mol. The maximum absolute atomic E-state index is 11.5. The van der Waals surface area contributed by atoms with Crippen LogP contribution in [0.5, 0.6) is 0 Å². The van der Waals surface area contributed by atoms with Gasteiger partial charge in [-0.3, -0.25) is 0 Å². The lowest BCUT2D eigenvalue weighted by Gasteiger charge is -2.17. The summed E-state index contributed by atoms with van der Waals surface area (Å²) in [6, 6.07) is 5.61. The van der Waals surface area contributed by atoms with E-state index < -0.39 is 0 Å². The smallest absolute Gasteiger partial charge is 0.337 e. The molecule has 2 aromatic rings. The Kier molecular flexibility index (Phi) is 3.16. The molecule has 0 unspecified atom stereocenters. The molecule has 0 atom stereocenters. The van der Waals surface area contributed by atoms with Crippen LogP contribution < -0.4 is 0 Å². The zero-order chi connectivity index (χ0) is 13.3. The minimum atomic E-state index is -0.292. The molecule has 0 bridgehead atoms. The largest absolute Gasteiger partial charge is 0.465 e. The van der Waals surface area contributed by atoms with Gasteiger partial charge in [0.25, 0.3) is 0 Å². The van der Waals surface area contributed by atoms with Crippen LogP contribution in [0.25, 0.3) is 10.9 Å². The second-order valence-electron chi connectivity index (χ2n) is 5.80. The van der Waals surface area contributed by atoms with Crippen LogP contribution in [0.2, 0.25) is 0 Å². The van der Waals surface area contributed by atoms with Crippen molar-refractivity contribution in [1.82, 2.24) is 4.98 Å². The van der Waals surface area contributed by atoms with Crippen molar-refractivity contribution in [1.29, 1.82) is 0 Å². The van der Waals surface area contributed by atoms with Gasteiger partial charge in [-0.1, -0.05) is 20.8 Å². The van der Waals surface area contributed by atoms with Gasteiger partial charge in [0.15, 0.2) is 0 Å². The standard InChI is InChI=1S/C15H19NO2/c1-15(2,3)8-11-9-16-13-6-5-10(7-12(11)13)14(17)18-4/h5-7,9,16H,8H2,1-4H3. The maximum atomic E-state index is 11.5. The van der Waals surface area contributed by atoms with Gasteiger partial charge in [0.2, 0.25) is 0 Å². The normalized spacial score (nSPS) is 11.8. The van der Waals surface area contributed by atoms with Crippen LogP contribution in [0.1, 0.15) is 36.7 Å². The molecule has 1 N–H and O–H groups in total. The molecule has 0 aliphatic rings. The lowest BCUT2D eigenvalue weighted by atomic mass is 9.88. The average molecular weight is 245 g/mol. The van der Waals surface area contributed by atoms with Crippen LogP contribution in [0, 0.1) is 5.41 Å². The van der Waals surface area contributed by atoms with Gasteiger partial charge in [-0.05, 0) is 35.6 Å². The Bertz CT molecular complexity index is 576. The van der Waals surface area contributed by atoms with E-state index in [0.29, 0.717) is 5.56 Å². The molecule has 2 rings (SSSR count). The molecular formula is C15H19NO2. The van der Waals surface area contributed by atoms with E-state index in [-0.39, 0.29) is 11.4 Å². The van der Waals surface area contributed by atoms with Gasteiger partial charge in [-0.15, -0.1) is 0 Å². The number of hydrogen-bond donors (Lipinski definition) is 1. The zero-order valence-corrected chi connectivity index (χ0v) is 11.3. The number of fused-ring (bicyclic) bond motifs is 1. The number of rotatable bonds is 2. The van der Waals surface area contributed by atoms with E-state index >= 15 is 0 Å². The number of H-pyrrole nitrogens is 1. The molecule has 0 fully saturated rings. The van der Waals surface area contributed by atoms with Gasteiger partial charge in [-0.25, -0.2) is 4.79 Å². The summed E-state index contributed by atoms with van der Waals surface area (Å²) in [6.07, 6.45) is 2.99. The molecule has 3 nitrogen and oxygen atoms in total. The summed E-state index contributed by atoms with van der Waals surface area (Å²) in [6.45, 7) is 6.61. The molecule has 18 heavy (non-hydrogen) atoms. The molecule has 0 saturated carbocycles. The number of hydrogen-bond acceptors (Lipinski definition) is 2. The quantitative estimate of drug-likeness (QED) is 0.822. The fourth-order valence-electron chi connectivity index (χ4n) is 2.14. The molecule has 0 spiro atoms. The monoisotopic (exact) mass is 245 g/mol. The molecule has 0 amide bonds. The van der Waals surface area contributed by atoms with Gasteiger partial charge in [-0.2, -0.15) is 0 Å². The molecule has 0 saturated heterocycles. The Morgan fingerprint density at radius 2 is 2.06 bits per heavy atom. The van der Waals surface area contributed by atoms with Crippen molar-refractivity contribution in [2.75, 3.05) is 7.11 Å². The van der Waals surface area contributed by atoms with E-state index in [1.807, 2.05) is 18.3 Å². The van der Waals surface area contributed by atoms with Crippen molar-refractivity contribution in [3.05, 3.63) is 35.5 Å². The Labute approximate surface area is 107 Å². The third kappa shape index (κ3) is 2.55. The van der Waals surface area contributed by atoms with Crippen molar-refractivity contribution in [2.45, 2.75) is 27.2 Å². The number of carbonyl (C=O) groups excluding carboxylic acids is 1. The van der Waals surface area contributed by atoms with Crippen LogP contribution in [0.4, 0.5) is 0 Å². The van der Waals surface area contributed by atoms with E-state index in [4.69, 9.17) is 4.74 Å². The van der Waals surface area contributed by atoms with Crippen molar-refractivity contribution in [3.8, 4) is 0 Å². The fourth-order valence-corrected chi connectivity index (χ4v) is 2.14. The van der Waals surface area contributed by atoms with Crippen molar-refractivity contribution < 1.29 is 9.53 Å². The molecule has 1 aromatic heterocycles. The fraction of sp³-hybridized carbons (Fsp3) is 0.400. The van der Waals surface area contributed by atoms with Crippen LogP contribution in [0.15, 0.2) is 24.4 Å². The van der Waals surface area contributed by atoms with E-state index in [9.17, 15) is 4.79 Å². The molecule has 3 heteroatoms. The number of benzene rings is 1. The second kappa shape index (κ2) is 4.48. The van der Waals surface area contributed by atoms with E-state index in [2.05, 4.69) is 25.8 Å². The number of aromatic amines is 1. The van der Waals surface area contributed by atoms with Gasteiger partial charge < -0.3 is 9.72 Å². The molecule has 0 radical (unpaired) electrons.